The number of nitrogens with one attached hydrogen (secondary N) is 1. The Hall–Kier alpha value is -1.33. The first-order valence-electron chi connectivity index (χ1n) is 6.61. The van der Waals surface area contributed by atoms with Crippen LogP contribution in [0.5, 0.6) is 0 Å². The molecule has 0 aliphatic heterocycles. The van der Waals surface area contributed by atoms with Gasteiger partial charge in [0.1, 0.15) is 6.61 Å². The number of carbonyl (C=O) groups excluding carboxylic acids is 1. The molecular weight excluding hydrogens is 246 g/mol. The Kier molecular flexibility index (Phi) is 17.5. The molecule has 0 aliphatic carbocycles. The SMILES string of the molecule is C/C=C\C(=C/C)COC(=O)NCCOCCO.CC. The van der Waals surface area contributed by atoms with Gasteiger partial charge >= 0.3 is 6.09 Å². The predicted octanol–water partition coefficient (Wildman–Crippen LogP) is 2.27. The number of rotatable bonds is 8. The minimum absolute atomic E-state index is 0.0154. The topological polar surface area (TPSA) is 67.8 Å². The Balaban J connectivity index is 0. The molecule has 0 fully saturated rings. The van der Waals surface area contributed by atoms with Crippen molar-refractivity contribution < 1.29 is 19.4 Å². The minimum atomic E-state index is -0.471. The van der Waals surface area contributed by atoms with Crippen LogP contribution in [0, 0.1) is 0 Å². The van der Waals surface area contributed by atoms with Gasteiger partial charge in [-0.15, -0.1) is 0 Å². The van der Waals surface area contributed by atoms with Crippen molar-refractivity contribution >= 4 is 6.09 Å². The summed E-state index contributed by atoms with van der Waals surface area (Å²) in [5.74, 6) is 0. The van der Waals surface area contributed by atoms with Crippen LogP contribution in [0.1, 0.15) is 27.7 Å². The van der Waals surface area contributed by atoms with Crippen LogP contribution in [-0.4, -0.2) is 44.2 Å². The third-order valence-electron chi connectivity index (χ3n) is 1.87. The Morgan fingerprint density at radius 1 is 1.26 bits per heavy atom. The molecular formula is C14H27NO4. The molecule has 5 nitrogen and oxygen atoms in total. The second-order valence-corrected chi connectivity index (χ2v) is 3.20. The number of hydrogen-bond donors (Lipinski definition) is 2. The lowest BCUT2D eigenvalue weighted by Crippen LogP contribution is -2.28. The van der Waals surface area contributed by atoms with E-state index in [1.54, 1.807) is 0 Å². The van der Waals surface area contributed by atoms with E-state index in [0.29, 0.717) is 13.2 Å². The first-order chi connectivity index (χ1) is 9.24. The number of amides is 1. The zero-order valence-corrected chi connectivity index (χ0v) is 12.4. The van der Waals surface area contributed by atoms with Gasteiger partial charge in [0.25, 0.3) is 0 Å². The summed E-state index contributed by atoms with van der Waals surface area (Å²) in [7, 11) is 0. The minimum Gasteiger partial charge on any atom is -0.445 e. The summed E-state index contributed by atoms with van der Waals surface area (Å²) >= 11 is 0. The summed E-state index contributed by atoms with van der Waals surface area (Å²) in [5.41, 5.74) is 0.944. The fraction of sp³-hybridized carbons (Fsp3) is 0.643. The zero-order valence-electron chi connectivity index (χ0n) is 12.4. The molecule has 0 aromatic carbocycles. The van der Waals surface area contributed by atoms with Gasteiger partial charge in [0.2, 0.25) is 0 Å². The lowest BCUT2D eigenvalue weighted by atomic mass is 10.2. The van der Waals surface area contributed by atoms with Crippen molar-refractivity contribution in [3.8, 4) is 0 Å². The van der Waals surface area contributed by atoms with Gasteiger partial charge in [0.15, 0.2) is 0 Å². The molecule has 112 valence electrons. The molecule has 0 spiro atoms. The van der Waals surface area contributed by atoms with Crippen molar-refractivity contribution in [3.63, 3.8) is 0 Å². The van der Waals surface area contributed by atoms with Gasteiger partial charge in [-0.05, 0) is 19.4 Å². The first kappa shape index (κ1) is 20.0. The maximum absolute atomic E-state index is 11.2. The summed E-state index contributed by atoms with van der Waals surface area (Å²) in [6.07, 6.45) is 5.19. The molecule has 0 bridgehead atoms. The molecule has 2 N–H and O–H groups in total. The number of aliphatic hydroxyl groups is 1. The van der Waals surface area contributed by atoms with Gasteiger partial charge in [-0.3, -0.25) is 0 Å². The van der Waals surface area contributed by atoms with E-state index >= 15 is 0 Å². The monoisotopic (exact) mass is 273 g/mol. The summed E-state index contributed by atoms with van der Waals surface area (Å²) < 4.78 is 9.96. The van der Waals surface area contributed by atoms with E-state index in [1.807, 2.05) is 45.9 Å². The molecule has 0 rings (SSSR count). The van der Waals surface area contributed by atoms with E-state index in [2.05, 4.69) is 5.32 Å². The quantitative estimate of drug-likeness (QED) is 0.526. The van der Waals surface area contributed by atoms with Crippen molar-refractivity contribution in [1.29, 1.82) is 0 Å². The average molecular weight is 273 g/mol. The van der Waals surface area contributed by atoms with Gasteiger partial charge in [-0.25, -0.2) is 4.79 Å². The number of carbonyl (C=O) groups is 1. The Morgan fingerprint density at radius 3 is 2.47 bits per heavy atom. The van der Waals surface area contributed by atoms with E-state index in [9.17, 15) is 4.79 Å². The summed E-state index contributed by atoms with van der Waals surface area (Å²) in [6.45, 7) is 9.04. The smallest absolute Gasteiger partial charge is 0.407 e. The van der Waals surface area contributed by atoms with Gasteiger partial charge in [-0.1, -0.05) is 32.1 Å². The number of allylic oxidation sites excluding steroid dienone is 2. The van der Waals surface area contributed by atoms with Crippen LogP contribution in [0.4, 0.5) is 4.79 Å². The van der Waals surface area contributed by atoms with E-state index in [0.717, 1.165) is 5.57 Å². The van der Waals surface area contributed by atoms with Crippen molar-refractivity contribution in [3.05, 3.63) is 23.8 Å². The van der Waals surface area contributed by atoms with Gasteiger partial charge in [0, 0.05) is 6.54 Å². The van der Waals surface area contributed by atoms with Gasteiger partial charge < -0.3 is 19.9 Å². The Bertz CT molecular complexity index is 262. The van der Waals surface area contributed by atoms with Gasteiger partial charge in [-0.2, -0.15) is 0 Å². The molecule has 0 unspecified atom stereocenters. The van der Waals surface area contributed by atoms with Crippen LogP contribution >= 0.6 is 0 Å². The van der Waals surface area contributed by atoms with E-state index in [-0.39, 0.29) is 19.8 Å². The maximum atomic E-state index is 11.2. The molecule has 0 heterocycles. The molecule has 1 amide bonds. The van der Waals surface area contributed by atoms with Crippen molar-refractivity contribution in [2.75, 3.05) is 33.0 Å². The molecule has 0 aromatic heterocycles. The van der Waals surface area contributed by atoms with Crippen molar-refractivity contribution in [2.45, 2.75) is 27.7 Å². The summed E-state index contributed by atoms with van der Waals surface area (Å²) in [5, 5.41) is 11.0. The Morgan fingerprint density at radius 2 is 1.95 bits per heavy atom. The third-order valence-corrected chi connectivity index (χ3v) is 1.87. The number of aliphatic hydroxyl groups excluding tert-OH is 1. The summed E-state index contributed by atoms with van der Waals surface area (Å²) in [6, 6.07) is 0. The lowest BCUT2D eigenvalue weighted by molar-refractivity contribution is 0.0915. The highest BCUT2D eigenvalue weighted by atomic mass is 16.5. The number of hydrogen-bond acceptors (Lipinski definition) is 4. The molecule has 5 heteroatoms. The molecule has 19 heavy (non-hydrogen) atoms. The molecule has 0 saturated heterocycles. The number of alkyl carbamates (subject to hydrolysis) is 1. The van der Waals surface area contributed by atoms with E-state index in [1.165, 1.54) is 0 Å². The fourth-order valence-corrected chi connectivity index (χ4v) is 1.03. The highest BCUT2D eigenvalue weighted by Crippen LogP contribution is 1.97. The molecule has 0 atom stereocenters. The van der Waals surface area contributed by atoms with Crippen LogP contribution in [0.15, 0.2) is 23.8 Å². The molecule has 0 radical (unpaired) electrons. The highest BCUT2D eigenvalue weighted by molar-refractivity contribution is 5.67. The molecule has 0 saturated carbocycles. The third kappa shape index (κ3) is 14.6. The van der Waals surface area contributed by atoms with Crippen molar-refractivity contribution in [2.24, 2.45) is 0 Å². The standard InChI is InChI=1S/C12H21NO4.C2H6/c1-3-5-11(4-2)10-17-12(15)13-6-8-16-9-7-14;1-2/h3-5,14H,6-10H2,1-2H3,(H,13,15);1-2H3/b5-3-,11-4+;. The number of ether oxygens (including phenoxy) is 2. The van der Waals surface area contributed by atoms with Crippen LogP contribution < -0.4 is 5.32 Å². The van der Waals surface area contributed by atoms with Crippen LogP contribution in [0.2, 0.25) is 0 Å². The zero-order chi connectivity index (χ0) is 14.9. The van der Waals surface area contributed by atoms with Crippen molar-refractivity contribution in [1.82, 2.24) is 5.32 Å². The largest absolute Gasteiger partial charge is 0.445 e. The second-order valence-electron chi connectivity index (χ2n) is 3.20. The van der Waals surface area contributed by atoms with E-state index in [4.69, 9.17) is 14.6 Å². The molecule has 0 aromatic rings. The van der Waals surface area contributed by atoms with Crippen LogP contribution in [-0.2, 0) is 9.47 Å². The fourth-order valence-electron chi connectivity index (χ4n) is 1.03. The normalized spacial score (nSPS) is 10.9. The van der Waals surface area contributed by atoms with Gasteiger partial charge in [0.05, 0.1) is 19.8 Å². The lowest BCUT2D eigenvalue weighted by Gasteiger charge is -2.07. The van der Waals surface area contributed by atoms with Crippen LogP contribution in [0.3, 0.4) is 0 Å². The van der Waals surface area contributed by atoms with E-state index < -0.39 is 6.09 Å². The summed E-state index contributed by atoms with van der Waals surface area (Å²) in [4.78, 5) is 11.2. The predicted molar refractivity (Wildman–Crippen MR) is 77.2 cm³/mol. The maximum Gasteiger partial charge on any atom is 0.407 e. The van der Waals surface area contributed by atoms with Crippen LogP contribution in [0.25, 0.3) is 0 Å². The highest BCUT2D eigenvalue weighted by Gasteiger charge is 2.01. The Labute approximate surface area is 116 Å². The second kappa shape index (κ2) is 16.7. The average Bonchev–Trinajstić information content (AvgIpc) is 2.45. The molecule has 0 aliphatic rings. The first-order valence-corrected chi connectivity index (χ1v) is 6.61.